The van der Waals surface area contributed by atoms with Crippen molar-refractivity contribution in [3.05, 3.63) is 29.7 Å². The first-order valence-electron chi connectivity index (χ1n) is 6.42. The first-order valence-corrected chi connectivity index (χ1v) is 6.42. The summed E-state index contributed by atoms with van der Waals surface area (Å²) < 4.78 is 5.64. The lowest BCUT2D eigenvalue weighted by atomic mass is 9.76. The number of hydrogen-bond donors (Lipinski definition) is 1. The molecule has 1 N–H and O–H groups in total. The van der Waals surface area contributed by atoms with Crippen molar-refractivity contribution >= 4 is 17.1 Å². The summed E-state index contributed by atoms with van der Waals surface area (Å²) in [7, 11) is 0. The fourth-order valence-corrected chi connectivity index (χ4v) is 2.00. The predicted octanol–water partition coefficient (Wildman–Crippen LogP) is 3.43. The van der Waals surface area contributed by atoms with E-state index in [4.69, 9.17) is 4.42 Å². The number of aliphatic carboxylic acids is 1. The van der Waals surface area contributed by atoms with Crippen molar-refractivity contribution in [1.29, 1.82) is 0 Å². The van der Waals surface area contributed by atoms with E-state index in [0.717, 1.165) is 11.1 Å². The number of aromatic nitrogens is 1. The predicted molar refractivity (Wildman–Crippen MR) is 73.0 cm³/mol. The van der Waals surface area contributed by atoms with Gasteiger partial charge in [0.15, 0.2) is 11.5 Å². The van der Waals surface area contributed by atoms with Crippen LogP contribution in [0.5, 0.6) is 0 Å². The molecule has 0 saturated heterocycles. The van der Waals surface area contributed by atoms with E-state index in [9.17, 15) is 9.90 Å². The summed E-state index contributed by atoms with van der Waals surface area (Å²) in [6.45, 7) is 7.53. The van der Waals surface area contributed by atoms with Crippen LogP contribution in [-0.4, -0.2) is 16.1 Å². The van der Waals surface area contributed by atoms with Crippen molar-refractivity contribution in [2.45, 2.75) is 34.1 Å². The molecule has 1 aromatic heterocycles. The lowest BCUT2D eigenvalue weighted by molar-refractivity contribution is -0.150. The Hall–Kier alpha value is -1.84. The van der Waals surface area contributed by atoms with Gasteiger partial charge < -0.3 is 9.52 Å². The first kappa shape index (κ1) is 13.6. The van der Waals surface area contributed by atoms with Gasteiger partial charge in [-0.25, -0.2) is 4.98 Å². The van der Waals surface area contributed by atoms with Crippen molar-refractivity contribution in [2.75, 3.05) is 0 Å². The molecule has 1 aromatic carbocycles. The fourth-order valence-electron chi connectivity index (χ4n) is 2.00. The maximum absolute atomic E-state index is 11.5. The number of fused-ring (bicyclic) bond motifs is 1. The Morgan fingerprint density at radius 2 is 2.16 bits per heavy atom. The Labute approximate surface area is 112 Å². The minimum atomic E-state index is -0.865. The fraction of sp³-hybridized carbons (Fsp3) is 0.467. The van der Waals surface area contributed by atoms with Crippen LogP contribution >= 0.6 is 0 Å². The number of oxazole rings is 1. The van der Waals surface area contributed by atoms with E-state index in [0.29, 0.717) is 17.9 Å². The number of nitrogens with zero attached hydrogens (tertiary/aromatic N) is 1. The third-order valence-corrected chi connectivity index (χ3v) is 3.87. The Kier molecular flexibility index (Phi) is 3.35. The van der Waals surface area contributed by atoms with Gasteiger partial charge in [0.2, 0.25) is 0 Å². The Bertz CT molecular complexity index is 615. The quantitative estimate of drug-likeness (QED) is 0.915. The van der Waals surface area contributed by atoms with Crippen molar-refractivity contribution in [1.82, 2.24) is 4.98 Å². The SMILES string of the molecule is Cc1ccc2oc(CC(C)(C(=O)O)C(C)C)nc2c1. The number of hydrogen-bond acceptors (Lipinski definition) is 3. The third kappa shape index (κ3) is 2.48. The maximum Gasteiger partial charge on any atom is 0.310 e. The molecular weight excluding hydrogens is 242 g/mol. The van der Waals surface area contributed by atoms with Gasteiger partial charge in [0, 0.05) is 6.42 Å². The molecular formula is C15H19NO3. The molecule has 0 spiro atoms. The number of carbonyl (C=O) groups is 1. The monoisotopic (exact) mass is 261 g/mol. The summed E-state index contributed by atoms with van der Waals surface area (Å²) in [4.78, 5) is 15.9. The summed E-state index contributed by atoms with van der Waals surface area (Å²) in [5, 5.41) is 9.41. The molecule has 0 fully saturated rings. The topological polar surface area (TPSA) is 63.3 Å². The van der Waals surface area contributed by atoms with Crippen LogP contribution < -0.4 is 0 Å². The van der Waals surface area contributed by atoms with E-state index < -0.39 is 11.4 Å². The highest BCUT2D eigenvalue weighted by Gasteiger charge is 2.38. The average Bonchev–Trinajstić information content (AvgIpc) is 2.69. The minimum Gasteiger partial charge on any atom is -0.481 e. The van der Waals surface area contributed by atoms with Crippen molar-refractivity contribution in [3.63, 3.8) is 0 Å². The van der Waals surface area contributed by atoms with Gasteiger partial charge in [0.05, 0.1) is 5.41 Å². The van der Waals surface area contributed by atoms with E-state index >= 15 is 0 Å². The van der Waals surface area contributed by atoms with E-state index in [-0.39, 0.29) is 5.92 Å². The van der Waals surface area contributed by atoms with E-state index in [1.165, 1.54) is 0 Å². The number of aryl methyl sites for hydroxylation is 1. The smallest absolute Gasteiger partial charge is 0.310 e. The van der Waals surface area contributed by atoms with Gasteiger partial charge in [-0.05, 0) is 37.5 Å². The maximum atomic E-state index is 11.5. The van der Waals surface area contributed by atoms with Gasteiger partial charge in [-0.2, -0.15) is 0 Å². The molecule has 0 aliphatic carbocycles. The molecule has 102 valence electrons. The summed E-state index contributed by atoms with van der Waals surface area (Å²) in [5.74, 6) is -0.332. The first-order chi connectivity index (χ1) is 8.83. The molecule has 1 heterocycles. The molecule has 4 heteroatoms. The lowest BCUT2D eigenvalue weighted by Crippen LogP contribution is -2.35. The van der Waals surface area contributed by atoms with Crippen molar-refractivity contribution in [3.8, 4) is 0 Å². The molecule has 0 saturated carbocycles. The molecule has 19 heavy (non-hydrogen) atoms. The zero-order valence-corrected chi connectivity index (χ0v) is 11.7. The molecule has 2 rings (SSSR count). The van der Waals surface area contributed by atoms with Crippen LogP contribution in [0.1, 0.15) is 32.2 Å². The van der Waals surface area contributed by atoms with Crippen LogP contribution in [0.15, 0.2) is 22.6 Å². The van der Waals surface area contributed by atoms with Crippen LogP contribution in [0.2, 0.25) is 0 Å². The standard InChI is InChI=1S/C15H19NO3/c1-9(2)15(4,14(17)18)8-13-16-11-7-10(3)5-6-12(11)19-13/h5-7,9H,8H2,1-4H3,(H,17,18). The number of benzene rings is 1. The molecule has 0 radical (unpaired) electrons. The average molecular weight is 261 g/mol. The van der Waals surface area contributed by atoms with Crippen LogP contribution in [0.4, 0.5) is 0 Å². The van der Waals surface area contributed by atoms with Crippen LogP contribution in [0.25, 0.3) is 11.1 Å². The van der Waals surface area contributed by atoms with Crippen LogP contribution in [-0.2, 0) is 11.2 Å². The Morgan fingerprint density at radius 1 is 1.47 bits per heavy atom. The Morgan fingerprint density at radius 3 is 2.74 bits per heavy atom. The van der Waals surface area contributed by atoms with Crippen LogP contribution in [0, 0.1) is 18.3 Å². The van der Waals surface area contributed by atoms with Crippen molar-refractivity contribution < 1.29 is 14.3 Å². The zero-order valence-electron chi connectivity index (χ0n) is 11.7. The highest BCUT2D eigenvalue weighted by molar-refractivity contribution is 5.76. The van der Waals surface area contributed by atoms with Crippen molar-refractivity contribution in [2.24, 2.45) is 11.3 Å². The van der Waals surface area contributed by atoms with Gasteiger partial charge in [-0.3, -0.25) is 4.79 Å². The second-order valence-electron chi connectivity index (χ2n) is 5.63. The molecule has 0 aliphatic heterocycles. The number of carboxylic acid groups (broad SMARTS) is 1. The normalized spacial score (nSPS) is 14.8. The van der Waals surface area contributed by atoms with E-state index in [2.05, 4.69) is 4.98 Å². The second kappa shape index (κ2) is 4.68. The van der Waals surface area contributed by atoms with Gasteiger partial charge >= 0.3 is 5.97 Å². The number of rotatable bonds is 4. The molecule has 1 unspecified atom stereocenters. The largest absolute Gasteiger partial charge is 0.481 e. The number of carboxylic acids is 1. The van der Waals surface area contributed by atoms with E-state index in [1.54, 1.807) is 6.92 Å². The van der Waals surface area contributed by atoms with Gasteiger partial charge in [-0.15, -0.1) is 0 Å². The zero-order chi connectivity index (χ0) is 14.2. The summed E-state index contributed by atoms with van der Waals surface area (Å²) in [6.07, 6.45) is 0.299. The highest BCUT2D eigenvalue weighted by atomic mass is 16.4. The van der Waals surface area contributed by atoms with Crippen LogP contribution in [0.3, 0.4) is 0 Å². The summed E-state index contributed by atoms with van der Waals surface area (Å²) in [5.41, 5.74) is 1.73. The molecule has 1 atom stereocenters. The van der Waals surface area contributed by atoms with Gasteiger partial charge in [-0.1, -0.05) is 19.9 Å². The lowest BCUT2D eigenvalue weighted by Gasteiger charge is -2.27. The molecule has 0 aliphatic rings. The Balaban J connectivity index is 2.37. The molecule has 2 aromatic rings. The highest BCUT2D eigenvalue weighted by Crippen LogP contribution is 2.32. The van der Waals surface area contributed by atoms with E-state index in [1.807, 2.05) is 39.0 Å². The third-order valence-electron chi connectivity index (χ3n) is 3.87. The minimum absolute atomic E-state index is 0.00162. The van der Waals surface area contributed by atoms with Gasteiger partial charge in [0.1, 0.15) is 5.52 Å². The molecule has 0 amide bonds. The molecule has 0 bridgehead atoms. The molecule has 4 nitrogen and oxygen atoms in total. The van der Waals surface area contributed by atoms with Gasteiger partial charge in [0.25, 0.3) is 0 Å². The summed E-state index contributed by atoms with van der Waals surface area (Å²) >= 11 is 0. The second-order valence-corrected chi connectivity index (χ2v) is 5.63. The summed E-state index contributed by atoms with van der Waals surface area (Å²) in [6, 6.07) is 5.76.